The quantitative estimate of drug-likeness (QED) is 0.403. The molecule has 8 aliphatic rings. The zero-order valence-corrected chi connectivity index (χ0v) is 22.4. The van der Waals surface area contributed by atoms with Crippen molar-refractivity contribution in [1.82, 2.24) is 0 Å². The summed E-state index contributed by atoms with van der Waals surface area (Å²) in [5.41, 5.74) is 1.01. The predicted molar refractivity (Wildman–Crippen MR) is 129 cm³/mol. The van der Waals surface area contributed by atoms with E-state index < -0.39 is 5.60 Å². The fourth-order valence-corrected chi connectivity index (χ4v) is 12.4. The summed E-state index contributed by atoms with van der Waals surface area (Å²) in [6.07, 6.45) is 3.90. The first kappa shape index (κ1) is 22.6. The first-order valence-corrected chi connectivity index (χ1v) is 14.4. The molecule has 36 heavy (non-hydrogen) atoms. The number of carbonyl (C=O) groups is 2. The molecule has 5 aliphatic carbocycles. The van der Waals surface area contributed by atoms with Gasteiger partial charge in [-0.2, -0.15) is 0 Å². The van der Waals surface area contributed by atoms with Crippen molar-refractivity contribution >= 4 is 11.9 Å². The molecule has 0 radical (unpaired) electrons. The van der Waals surface area contributed by atoms with Crippen LogP contribution in [0.5, 0.6) is 0 Å². The van der Waals surface area contributed by atoms with Crippen molar-refractivity contribution in [3.05, 3.63) is 11.1 Å². The van der Waals surface area contributed by atoms with Crippen molar-refractivity contribution in [2.75, 3.05) is 0 Å². The summed E-state index contributed by atoms with van der Waals surface area (Å²) in [7, 11) is 0. The number of ether oxygens (including phenoxy) is 3. The predicted octanol–water partition coefficient (Wildman–Crippen LogP) is 4.04. The highest BCUT2D eigenvalue weighted by Gasteiger charge is 2.88. The van der Waals surface area contributed by atoms with Gasteiger partial charge in [-0.05, 0) is 89.0 Å². The maximum atomic E-state index is 13.0. The minimum atomic E-state index is -0.835. The third-order valence-electron chi connectivity index (χ3n) is 13.2. The molecule has 15 unspecified atom stereocenters. The monoisotopic (exact) mass is 496 g/mol. The average molecular weight is 497 g/mol. The second kappa shape index (κ2) is 6.25. The van der Waals surface area contributed by atoms with Crippen LogP contribution < -0.4 is 0 Å². The van der Waals surface area contributed by atoms with Gasteiger partial charge in [0.2, 0.25) is 0 Å². The highest BCUT2D eigenvalue weighted by Crippen LogP contribution is 2.85. The van der Waals surface area contributed by atoms with E-state index in [0.29, 0.717) is 24.2 Å². The second-order valence-electron chi connectivity index (χ2n) is 14.8. The van der Waals surface area contributed by atoms with Crippen LogP contribution in [0.25, 0.3) is 0 Å². The number of hydrogen-bond acceptors (Lipinski definition) is 6. The SMILES string of the molecule is CC1=C2C(CC(C)(O)CC3C(C)C(=O)OC23)C2C3CC4(C)OC5(C)CCC6C(C)C(=O)OC6C4(C12)C35. The maximum Gasteiger partial charge on any atom is 0.309 e. The van der Waals surface area contributed by atoms with E-state index in [9.17, 15) is 14.7 Å². The number of aliphatic hydroxyl groups is 1. The Labute approximate surface area is 213 Å². The van der Waals surface area contributed by atoms with E-state index in [2.05, 4.69) is 27.7 Å². The van der Waals surface area contributed by atoms with Crippen molar-refractivity contribution in [2.24, 2.45) is 58.7 Å². The largest absolute Gasteiger partial charge is 0.461 e. The molecular formula is C30H40O6. The van der Waals surface area contributed by atoms with Gasteiger partial charge in [0.25, 0.3) is 0 Å². The molecule has 6 nitrogen and oxygen atoms in total. The standard InChI is InChI=1S/C30H40O6/c1-12-15-7-8-28(5)23-18-11-29(6,36-28)30(23,24(15)35-26(12)32)21-14(3)19-17(20(18)21)10-27(4,33)9-16-13(2)25(31)34-22(16)19/h12-13,15-18,20-24,33H,7-11H2,1-6H3. The third-order valence-corrected chi connectivity index (χ3v) is 13.2. The van der Waals surface area contributed by atoms with Gasteiger partial charge in [-0.1, -0.05) is 19.4 Å². The number of fused-ring (bicyclic) bond motifs is 7. The van der Waals surface area contributed by atoms with E-state index in [4.69, 9.17) is 14.2 Å². The van der Waals surface area contributed by atoms with Crippen LogP contribution in [0.3, 0.4) is 0 Å². The number of rotatable bonds is 0. The van der Waals surface area contributed by atoms with Crippen LogP contribution in [0.2, 0.25) is 0 Å². The Kier molecular flexibility index (Phi) is 3.92. The molecule has 6 heteroatoms. The maximum absolute atomic E-state index is 13.0. The molecule has 3 aliphatic heterocycles. The third kappa shape index (κ3) is 2.17. The molecule has 0 aromatic heterocycles. The Morgan fingerprint density at radius 2 is 1.61 bits per heavy atom. The van der Waals surface area contributed by atoms with Crippen molar-refractivity contribution in [3.8, 4) is 0 Å². The van der Waals surface area contributed by atoms with Gasteiger partial charge in [0.05, 0.1) is 28.6 Å². The van der Waals surface area contributed by atoms with Crippen LogP contribution in [0.1, 0.15) is 73.6 Å². The molecule has 15 atom stereocenters. The molecule has 3 heterocycles. The number of hydrogen-bond donors (Lipinski definition) is 1. The summed E-state index contributed by atoms with van der Waals surface area (Å²) in [6, 6.07) is 0. The molecule has 0 spiro atoms. The molecule has 0 aromatic rings. The molecule has 8 rings (SSSR count). The van der Waals surface area contributed by atoms with Crippen molar-refractivity contribution < 1.29 is 28.9 Å². The van der Waals surface area contributed by atoms with Gasteiger partial charge in [-0.25, -0.2) is 0 Å². The Morgan fingerprint density at radius 1 is 0.917 bits per heavy atom. The van der Waals surface area contributed by atoms with E-state index in [1.165, 1.54) is 11.1 Å². The highest BCUT2D eigenvalue weighted by molar-refractivity contribution is 5.76. The normalized spacial score (nSPS) is 63.9. The Bertz CT molecular complexity index is 1140. The van der Waals surface area contributed by atoms with Crippen LogP contribution in [0.4, 0.5) is 0 Å². The van der Waals surface area contributed by atoms with Crippen LogP contribution in [-0.4, -0.2) is 46.1 Å². The molecule has 0 amide bonds. The Morgan fingerprint density at radius 3 is 2.36 bits per heavy atom. The van der Waals surface area contributed by atoms with Gasteiger partial charge in [-0.3, -0.25) is 9.59 Å². The molecular weight excluding hydrogens is 456 g/mol. The minimum absolute atomic E-state index is 0.0106. The van der Waals surface area contributed by atoms with E-state index in [-0.39, 0.29) is 76.3 Å². The lowest BCUT2D eigenvalue weighted by Crippen LogP contribution is -2.58. The number of carbonyl (C=O) groups excluding carboxylic acids is 2. The summed E-state index contributed by atoms with van der Waals surface area (Å²) < 4.78 is 19.6. The lowest BCUT2D eigenvalue weighted by molar-refractivity contribution is -0.203. The summed E-state index contributed by atoms with van der Waals surface area (Å²) in [4.78, 5) is 25.8. The van der Waals surface area contributed by atoms with Gasteiger partial charge in [0.1, 0.15) is 12.2 Å². The first-order chi connectivity index (χ1) is 16.8. The number of allylic oxidation sites excluding steroid dienone is 1. The van der Waals surface area contributed by atoms with Gasteiger partial charge in [-0.15, -0.1) is 0 Å². The van der Waals surface area contributed by atoms with E-state index >= 15 is 0 Å². The Balaban J connectivity index is 1.36. The second-order valence-corrected chi connectivity index (χ2v) is 14.8. The van der Waals surface area contributed by atoms with Crippen LogP contribution >= 0.6 is 0 Å². The van der Waals surface area contributed by atoms with Crippen molar-refractivity contribution in [1.29, 1.82) is 0 Å². The average Bonchev–Trinajstić information content (AvgIpc) is 3.49. The van der Waals surface area contributed by atoms with Gasteiger partial charge in [0, 0.05) is 23.2 Å². The Hall–Kier alpha value is -1.40. The number of esters is 2. The minimum Gasteiger partial charge on any atom is -0.461 e. The molecule has 7 fully saturated rings. The van der Waals surface area contributed by atoms with Crippen molar-refractivity contribution in [3.63, 3.8) is 0 Å². The summed E-state index contributed by atoms with van der Waals surface area (Å²) >= 11 is 0. The molecule has 0 aromatic carbocycles. The van der Waals surface area contributed by atoms with Crippen LogP contribution in [0, 0.1) is 58.7 Å². The van der Waals surface area contributed by atoms with Gasteiger partial charge >= 0.3 is 11.9 Å². The van der Waals surface area contributed by atoms with Gasteiger partial charge in [0.15, 0.2) is 0 Å². The first-order valence-electron chi connectivity index (χ1n) is 14.4. The summed E-state index contributed by atoms with van der Waals surface area (Å²) in [6.45, 7) is 12.9. The molecule has 3 saturated heterocycles. The van der Waals surface area contributed by atoms with Gasteiger partial charge < -0.3 is 19.3 Å². The van der Waals surface area contributed by atoms with Crippen LogP contribution in [0.15, 0.2) is 11.1 Å². The zero-order valence-electron chi connectivity index (χ0n) is 22.4. The molecule has 1 N–H and O–H groups in total. The zero-order chi connectivity index (χ0) is 25.3. The van der Waals surface area contributed by atoms with E-state index in [1.807, 2.05) is 13.8 Å². The lowest BCUT2D eigenvalue weighted by atomic mass is 9.55. The summed E-state index contributed by atoms with van der Waals surface area (Å²) in [5.74, 6) is 1.43. The highest BCUT2D eigenvalue weighted by atomic mass is 16.6. The lowest BCUT2D eigenvalue weighted by Gasteiger charge is -2.53. The van der Waals surface area contributed by atoms with E-state index in [0.717, 1.165) is 25.7 Å². The topological polar surface area (TPSA) is 82.1 Å². The van der Waals surface area contributed by atoms with Crippen LogP contribution in [-0.2, 0) is 23.8 Å². The van der Waals surface area contributed by atoms with Crippen molar-refractivity contribution in [2.45, 2.75) is 103 Å². The smallest absolute Gasteiger partial charge is 0.309 e. The fraction of sp³-hybridized carbons (Fsp3) is 0.867. The molecule has 4 saturated carbocycles. The fourth-order valence-electron chi connectivity index (χ4n) is 12.4. The molecule has 196 valence electrons. The summed E-state index contributed by atoms with van der Waals surface area (Å²) in [5, 5.41) is 11.6. The molecule has 5 bridgehead atoms. The van der Waals surface area contributed by atoms with E-state index in [1.54, 1.807) is 0 Å².